The van der Waals surface area contributed by atoms with E-state index in [0.717, 1.165) is 45.4 Å². The van der Waals surface area contributed by atoms with Crippen LogP contribution in [0.3, 0.4) is 0 Å². The molecule has 1 aliphatic rings. The molecule has 0 saturated heterocycles. The Labute approximate surface area is 225 Å². The summed E-state index contributed by atoms with van der Waals surface area (Å²) in [6.07, 6.45) is 5.84. The summed E-state index contributed by atoms with van der Waals surface area (Å²) in [6, 6.07) is 35.6. The van der Waals surface area contributed by atoms with Crippen LogP contribution in [0.5, 0.6) is 0 Å². The molecule has 0 bridgehead atoms. The van der Waals surface area contributed by atoms with E-state index in [4.69, 9.17) is 4.42 Å². The molecule has 2 aromatic heterocycles. The summed E-state index contributed by atoms with van der Waals surface area (Å²) in [5, 5.41) is 2.23. The number of para-hydroxylation sites is 1. The number of aromatic nitrogens is 1. The van der Waals surface area contributed by atoms with Gasteiger partial charge in [-0.05, 0) is 23.2 Å². The molecule has 1 radical (unpaired) electrons. The molecule has 0 unspecified atom stereocenters. The summed E-state index contributed by atoms with van der Waals surface area (Å²) in [5.41, 5.74) is 4.96. The number of hydrogen-bond acceptors (Lipinski definition) is 2. The molecule has 5 heteroatoms. The predicted octanol–water partition coefficient (Wildman–Crippen LogP) is 7.29. The van der Waals surface area contributed by atoms with Crippen LogP contribution in [0.2, 0.25) is 0 Å². The van der Waals surface area contributed by atoms with Crippen molar-refractivity contribution in [3.8, 4) is 11.3 Å². The van der Waals surface area contributed by atoms with E-state index in [-0.39, 0.29) is 25.5 Å². The first-order valence-electron chi connectivity index (χ1n) is 11.7. The third-order valence-electron chi connectivity index (χ3n) is 5.48. The molecular formula is C31H27IrN3O. The molecule has 181 valence electrons. The molecule has 0 N–H and O–H groups in total. The largest absolute Gasteiger partial charge is 0.493 e. The molecule has 0 atom stereocenters. The smallest absolute Gasteiger partial charge is 0.483 e. The monoisotopic (exact) mass is 650 g/mol. The molecule has 1 aliphatic heterocycles. The first-order chi connectivity index (χ1) is 17.0. The van der Waals surface area contributed by atoms with Crippen LogP contribution in [0.1, 0.15) is 20.8 Å². The van der Waals surface area contributed by atoms with Gasteiger partial charge in [0.15, 0.2) is 6.54 Å². The van der Waals surface area contributed by atoms with E-state index in [2.05, 4.69) is 54.5 Å². The van der Waals surface area contributed by atoms with E-state index in [1.165, 1.54) is 0 Å². The van der Waals surface area contributed by atoms with Crippen molar-refractivity contribution in [2.45, 2.75) is 20.8 Å². The number of fused-ring (bicyclic) bond motifs is 3. The summed E-state index contributed by atoms with van der Waals surface area (Å²) in [4.78, 5) is 4.22. The van der Waals surface area contributed by atoms with Gasteiger partial charge >= 0.3 is 6.01 Å². The molecule has 0 amide bonds. The van der Waals surface area contributed by atoms with Crippen LogP contribution in [0, 0.1) is 17.5 Å². The van der Waals surface area contributed by atoms with Crippen LogP contribution in [0.4, 0.5) is 5.69 Å². The molecule has 3 heterocycles. The number of pyridine rings is 1. The standard InChI is InChI=1S/C20H19N2O.C11H8N.Ir/c1-20(2,3)13-21-10-11-22(14-21)15-8-9-17-16-6-4-5-7-18(16)23-19(17)12-15;1-2-6-10(7-3-1)11-8-4-5-9-12-11;/h4-7,9-12H,13H2,1-3H3;1-6,8-9H;/q+1;-1;. The van der Waals surface area contributed by atoms with E-state index < -0.39 is 0 Å². The van der Waals surface area contributed by atoms with Crippen molar-refractivity contribution >= 4 is 33.6 Å². The van der Waals surface area contributed by atoms with Gasteiger partial charge in [0.25, 0.3) is 6.20 Å². The van der Waals surface area contributed by atoms with Crippen LogP contribution >= 0.6 is 0 Å². The van der Waals surface area contributed by atoms with Crippen LogP contribution < -0.4 is 0 Å². The molecule has 0 saturated carbocycles. The fraction of sp³-hybridized carbons (Fsp3) is 0.161. The maximum atomic E-state index is 5.95. The fourth-order valence-corrected chi connectivity index (χ4v) is 3.95. The number of furan rings is 1. The van der Waals surface area contributed by atoms with E-state index in [1.54, 1.807) is 6.20 Å². The van der Waals surface area contributed by atoms with Gasteiger partial charge in [0.05, 0.1) is 0 Å². The zero-order chi connectivity index (χ0) is 24.3. The third kappa shape index (κ3) is 5.95. The van der Waals surface area contributed by atoms with Crippen molar-refractivity contribution in [3.63, 3.8) is 0 Å². The molecule has 4 nitrogen and oxygen atoms in total. The molecule has 6 rings (SSSR count). The molecule has 5 aromatic rings. The number of nitrogens with zero attached hydrogens (tertiary/aromatic N) is 3. The van der Waals surface area contributed by atoms with Crippen molar-refractivity contribution in [2.24, 2.45) is 5.41 Å². The SMILES string of the molecule is CC(C)(C)C[N+]1=C=[N+](c2[c-]cc3c(c2)oc2ccccc23)C=C1.[Ir].[c-]1ccccc1-c1ccccn1. The van der Waals surface area contributed by atoms with Gasteiger partial charge in [-0.2, -0.15) is 6.07 Å². The Kier molecular flexibility index (Phi) is 7.76. The second kappa shape index (κ2) is 11.0. The first kappa shape index (κ1) is 25.5. The van der Waals surface area contributed by atoms with E-state index in [1.807, 2.05) is 89.8 Å². The number of hydrogen-bond donors (Lipinski definition) is 0. The Hall–Kier alpha value is -3.62. The summed E-state index contributed by atoms with van der Waals surface area (Å²) in [7, 11) is 0. The van der Waals surface area contributed by atoms with E-state index in [0.29, 0.717) is 0 Å². The molecule has 3 aromatic carbocycles. The van der Waals surface area contributed by atoms with Gasteiger partial charge in [-0.1, -0.05) is 71.7 Å². The predicted molar refractivity (Wildman–Crippen MR) is 140 cm³/mol. The third-order valence-corrected chi connectivity index (χ3v) is 5.48. The average molecular weight is 650 g/mol. The second-order valence-corrected chi connectivity index (χ2v) is 9.64. The van der Waals surface area contributed by atoms with Gasteiger partial charge < -0.3 is 9.40 Å². The first-order valence-corrected chi connectivity index (χ1v) is 11.7. The van der Waals surface area contributed by atoms with Crippen LogP contribution in [0.15, 0.2) is 102 Å². The summed E-state index contributed by atoms with van der Waals surface area (Å²) in [5.74, 6) is 0. The zero-order valence-corrected chi connectivity index (χ0v) is 22.9. The van der Waals surface area contributed by atoms with Crippen molar-refractivity contribution < 1.29 is 33.7 Å². The molecular weight excluding hydrogens is 623 g/mol. The number of benzene rings is 3. The molecule has 36 heavy (non-hydrogen) atoms. The van der Waals surface area contributed by atoms with Gasteiger partial charge in [-0.3, -0.25) is 0 Å². The number of rotatable bonds is 3. The Bertz CT molecular complexity index is 1540. The van der Waals surface area contributed by atoms with Crippen molar-refractivity contribution in [2.75, 3.05) is 6.54 Å². The summed E-state index contributed by atoms with van der Waals surface area (Å²) >= 11 is 0. The fourth-order valence-electron chi connectivity index (χ4n) is 3.95. The normalized spacial score (nSPS) is 12.5. The van der Waals surface area contributed by atoms with E-state index in [9.17, 15) is 0 Å². The molecule has 0 spiro atoms. The molecule has 0 fully saturated rings. The zero-order valence-electron chi connectivity index (χ0n) is 20.5. The molecule has 0 aliphatic carbocycles. The second-order valence-electron chi connectivity index (χ2n) is 9.64. The minimum atomic E-state index is 0. The van der Waals surface area contributed by atoms with Crippen molar-refractivity contribution in [1.82, 2.24) is 4.98 Å². The van der Waals surface area contributed by atoms with Gasteiger partial charge in [-0.15, -0.1) is 42.0 Å². The van der Waals surface area contributed by atoms with Gasteiger partial charge in [0.2, 0.25) is 6.20 Å². The Morgan fingerprint density at radius 3 is 2.44 bits per heavy atom. The van der Waals surface area contributed by atoms with Crippen molar-refractivity contribution in [3.05, 3.63) is 110 Å². The Morgan fingerprint density at radius 1 is 0.889 bits per heavy atom. The minimum absolute atomic E-state index is 0. The van der Waals surface area contributed by atoms with Crippen LogP contribution in [-0.2, 0) is 20.1 Å². The maximum absolute atomic E-state index is 5.95. The van der Waals surface area contributed by atoms with Gasteiger partial charge in [-0.25, -0.2) is 0 Å². The Balaban J connectivity index is 0.000000198. The topological polar surface area (TPSA) is 32.0 Å². The van der Waals surface area contributed by atoms with Crippen molar-refractivity contribution in [1.29, 1.82) is 0 Å². The maximum Gasteiger partial charge on any atom is 0.493 e. The quantitative estimate of drug-likeness (QED) is 0.152. The Morgan fingerprint density at radius 2 is 1.69 bits per heavy atom. The summed E-state index contributed by atoms with van der Waals surface area (Å²) in [6.45, 7) is 7.58. The van der Waals surface area contributed by atoms with E-state index >= 15 is 0 Å². The minimum Gasteiger partial charge on any atom is -0.483 e. The van der Waals surface area contributed by atoms with Gasteiger partial charge in [0, 0.05) is 37.3 Å². The van der Waals surface area contributed by atoms with Crippen LogP contribution in [0.25, 0.3) is 33.2 Å². The summed E-state index contributed by atoms with van der Waals surface area (Å²) < 4.78 is 9.98. The van der Waals surface area contributed by atoms with Gasteiger partial charge in [0.1, 0.15) is 11.3 Å². The average Bonchev–Trinajstić information content (AvgIpc) is 3.48. The van der Waals surface area contributed by atoms with Crippen LogP contribution in [-0.4, -0.2) is 26.7 Å².